The number of hydrogen-bond acceptors (Lipinski definition) is 3. The summed E-state index contributed by atoms with van der Waals surface area (Å²) in [7, 11) is 0. The molecule has 0 atom stereocenters. The standard InChI is InChI=1S/C15H12Cl2N4/c1-9-6-7-13-18-10(2)15(21(13)8-9)20-19-12-5-3-4-11(16)14(12)17/h3-8H,1-2H3. The molecule has 0 N–H and O–H groups in total. The van der Waals surface area contributed by atoms with Gasteiger partial charge in [0.2, 0.25) is 0 Å². The van der Waals surface area contributed by atoms with E-state index in [1.165, 1.54) is 0 Å². The van der Waals surface area contributed by atoms with Crippen molar-refractivity contribution in [1.82, 2.24) is 9.38 Å². The van der Waals surface area contributed by atoms with Crippen molar-refractivity contribution in [2.45, 2.75) is 13.8 Å². The number of rotatable bonds is 2. The first-order chi connectivity index (χ1) is 10.1. The predicted molar refractivity (Wildman–Crippen MR) is 85.3 cm³/mol. The van der Waals surface area contributed by atoms with Gasteiger partial charge in [0.15, 0.2) is 5.82 Å². The van der Waals surface area contributed by atoms with E-state index in [2.05, 4.69) is 15.2 Å². The summed E-state index contributed by atoms with van der Waals surface area (Å²) in [5, 5.41) is 9.34. The van der Waals surface area contributed by atoms with Crippen LogP contribution in [0.25, 0.3) is 5.65 Å². The molecule has 106 valence electrons. The van der Waals surface area contributed by atoms with Crippen molar-refractivity contribution in [1.29, 1.82) is 0 Å². The first kappa shape index (κ1) is 14.0. The van der Waals surface area contributed by atoms with Crippen molar-refractivity contribution >= 4 is 40.4 Å². The number of nitrogens with zero attached hydrogens (tertiary/aromatic N) is 4. The van der Waals surface area contributed by atoms with E-state index in [1.54, 1.807) is 18.2 Å². The number of aryl methyl sites for hydroxylation is 2. The summed E-state index contributed by atoms with van der Waals surface area (Å²) in [6.45, 7) is 3.92. The van der Waals surface area contributed by atoms with Gasteiger partial charge in [0.1, 0.15) is 11.3 Å². The van der Waals surface area contributed by atoms with Crippen LogP contribution in [0, 0.1) is 13.8 Å². The van der Waals surface area contributed by atoms with Crippen LogP contribution in [0.3, 0.4) is 0 Å². The highest BCUT2D eigenvalue weighted by Crippen LogP contribution is 2.33. The fraction of sp³-hybridized carbons (Fsp3) is 0.133. The minimum absolute atomic E-state index is 0.394. The van der Waals surface area contributed by atoms with E-state index >= 15 is 0 Å². The molecule has 3 aromatic rings. The zero-order chi connectivity index (χ0) is 15.0. The smallest absolute Gasteiger partial charge is 0.182 e. The average Bonchev–Trinajstić information content (AvgIpc) is 2.76. The molecule has 0 bridgehead atoms. The number of halogens is 2. The molecule has 0 amide bonds. The summed E-state index contributed by atoms with van der Waals surface area (Å²) in [6.07, 6.45) is 1.98. The lowest BCUT2D eigenvalue weighted by Crippen LogP contribution is -1.84. The number of imidazole rings is 1. The molecule has 0 spiro atoms. The van der Waals surface area contributed by atoms with Gasteiger partial charge in [0.05, 0.1) is 15.7 Å². The number of azo groups is 1. The summed E-state index contributed by atoms with van der Waals surface area (Å²) >= 11 is 12.1. The Labute approximate surface area is 132 Å². The Balaban J connectivity index is 2.09. The molecule has 0 aliphatic heterocycles. The molecule has 1 aromatic carbocycles. The Morgan fingerprint density at radius 1 is 1.05 bits per heavy atom. The Hall–Kier alpha value is -1.91. The molecule has 0 aliphatic rings. The third kappa shape index (κ3) is 2.64. The summed E-state index contributed by atoms with van der Waals surface area (Å²) < 4.78 is 1.91. The molecule has 0 radical (unpaired) electrons. The van der Waals surface area contributed by atoms with E-state index in [9.17, 15) is 0 Å². The zero-order valence-electron chi connectivity index (χ0n) is 11.5. The second kappa shape index (κ2) is 5.47. The van der Waals surface area contributed by atoms with Crippen LogP contribution in [0.5, 0.6) is 0 Å². The highest BCUT2D eigenvalue weighted by Gasteiger charge is 2.09. The van der Waals surface area contributed by atoms with E-state index in [0.717, 1.165) is 16.9 Å². The maximum atomic E-state index is 6.11. The maximum absolute atomic E-state index is 6.11. The summed E-state index contributed by atoms with van der Waals surface area (Å²) in [5.74, 6) is 0.685. The fourth-order valence-electron chi connectivity index (χ4n) is 2.05. The Morgan fingerprint density at radius 3 is 2.67 bits per heavy atom. The Kier molecular flexibility index (Phi) is 3.66. The third-order valence-corrected chi connectivity index (χ3v) is 3.90. The van der Waals surface area contributed by atoms with Crippen molar-refractivity contribution in [3.63, 3.8) is 0 Å². The Morgan fingerprint density at radius 2 is 1.86 bits per heavy atom. The molecule has 0 aliphatic carbocycles. The first-order valence-electron chi connectivity index (χ1n) is 6.37. The van der Waals surface area contributed by atoms with Crippen molar-refractivity contribution in [3.8, 4) is 0 Å². The normalized spacial score (nSPS) is 11.6. The van der Waals surface area contributed by atoms with Crippen LogP contribution in [0.2, 0.25) is 10.0 Å². The third-order valence-electron chi connectivity index (χ3n) is 3.09. The molecular formula is C15H12Cl2N4. The highest BCUT2D eigenvalue weighted by molar-refractivity contribution is 6.43. The van der Waals surface area contributed by atoms with Gasteiger partial charge in [-0.25, -0.2) is 4.98 Å². The number of pyridine rings is 1. The fourth-order valence-corrected chi connectivity index (χ4v) is 2.38. The van der Waals surface area contributed by atoms with E-state index < -0.39 is 0 Å². The minimum atomic E-state index is 0.394. The lowest BCUT2D eigenvalue weighted by atomic mass is 10.3. The first-order valence-corrected chi connectivity index (χ1v) is 7.13. The van der Waals surface area contributed by atoms with Crippen LogP contribution in [0.15, 0.2) is 46.8 Å². The van der Waals surface area contributed by atoms with E-state index in [0.29, 0.717) is 21.6 Å². The maximum Gasteiger partial charge on any atom is 0.182 e. The minimum Gasteiger partial charge on any atom is -0.283 e. The molecule has 0 saturated carbocycles. The van der Waals surface area contributed by atoms with Crippen molar-refractivity contribution < 1.29 is 0 Å². The number of fused-ring (bicyclic) bond motifs is 1. The Bertz CT molecular complexity index is 852. The van der Waals surface area contributed by atoms with Crippen LogP contribution < -0.4 is 0 Å². The summed E-state index contributed by atoms with van der Waals surface area (Å²) in [5.41, 5.74) is 3.30. The van der Waals surface area contributed by atoms with Crippen LogP contribution in [-0.2, 0) is 0 Å². The molecule has 0 saturated heterocycles. The summed E-state index contributed by atoms with van der Waals surface area (Å²) in [6, 6.07) is 9.23. The van der Waals surface area contributed by atoms with E-state index in [4.69, 9.17) is 23.2 Å². The van der Waals surface area contributed by atoms with E-state index in [-0.39, 0.29) is 0 Å². The molecule has 2 aromatic heterocycles. The van der Waals surface area contributed by atoms with Crippen LogP contribution in [0.1, 0.15) is 11.3 Å². The second-order valence-electron chi connectivity index (χ2n) is 4.73. The molecule has 0 unspecified atom stereocenters. The van der Waals surface area contributed by atoms with Crippen molar-refractivity contribution in [2.24, 2.45) is 10.2 Å². The molecule has 21 heavy (non-hydrogen) atoms. The lowest BCUT2D eigenvalue weighted by molar-refractivity contribution is 1.08. The molecule has 6 heteroatoms. The monoisotopic (exact) mass is 318 g/mol. The van der Waals surface area contributed by atoms with Crippen LogP contribution in [0.4, 0.5) is 11.5 Å². The van der Waals surface area contributed by atoms with Crippen molar-refractivity contribution in [3.05, 3.63) is 57.8 Å². The van der Waals surface area contributed by atoms with E-state index in [1.807, 2.05) is 36.6 Å². The quantitative estimate of drug-likeness (QED) is 0.561. The van der Waals surface area contributed by atoms with Gasteiger partial charge in [-0.15, -0.1) is 10.2 Å². The molecule has 3 rings (SSSR count). The highest BCUT2D eigenvalue weighted by atomic mass is 35.5. The van der Waals surface area contributed by atoms with Crippen LogP contribution >= 0.6 is 23.2 Å². The van der Waals surface area contributed by atoms with Gasteiger partial charge in [-0.3, -0.25) is 4.40 Å². The molecule has 0 fully saturated rings. The van der Waals surface area contributed by atoms with Gasteiger partial charge in [-0.2, -0.15) is 0 Å². The predicted octanol–water partition coefficient (Wildman–Crippen LogP) is 5.67. The SMILES string of the molecule is Cc1ccc2nc(C)c(N=Nc3cccc(Cl)c3Cl)n2c1. The molecule has 4 nitrogen and oxygen atoms in total. The molecular weight excluding hydrogens is 307 g/mol. The number of benzene rings is 1. The van der Waals surface area contributed by atoms with Crippen molar-refractivity contribution in [2.75, 3.05) is 0 Å². The van der Waals surface area contributed by atoms with Gasteiger partial charge in [0.25, 0.3) is 0 Å². The number of aromatic nitrogens is 2. The van der Waals surface area contributed by atoms with Gasteiger partial charge in [-0.1, -0.05) is 35.3 Å². The lowest BCUT2D eigenvalue weighted by Gasteiger charge is -2.00. The largest absolute Gasteiger partial charge is 0.283 e. The van der Waals surface area contributed by atoms with Gasteiger partial charge in [0, 0.05) is 6.20 Å². The van der Waals surface area contributed by atoms with Gasteiger partial charge < -0.3 is 0 Å². The average molecular weight is 319 g/mol. The van der Waals surface area contributed by atoms with Gasteiger partial charge in [-0.05, 0) is 37.6 Å². The topological polar surface area (TPSA) is 42.0 Å². The second-order valence-corrected chi connectivity index (χ2v) is 5.51. The zero-order valence-corrected chi connectivity index (χ0v) is 13.0. The van der Waals surface area contributed by atoms with Gasteiger partial charge >= 0.3 is 0 Å². The molecule has 2 heterocycles. The van der Waals surface area contributed by atoms with Crippen LogP contribution in [-0.4, -0.2) is 9.38 Å². The number of hydrogen-bond donors (Lipinski definition) is 0. The summed E-state index contributed by atoms with van der Waals surface area (Å²) in [4.78, 5) is 4.46.